The molecule has 1 aromatic rings. The Labute approximate surface area is 105 Å². The molecule has 1 unspecified atom stereocenters. The normalized spacial score (nSPS) is 12.4. The molecule has 0 heterocycles. The van der Waals surface area contributed by atoms with Crippen LogP contribution < -0.4 is 5.32 Å². The first kappa shape index (κ1) is 14.2. The summed E-state index contributed by atoms with van der Waals surface area (Å²) in [6.45, 7) is 3.71. The van der Waals surface area contributed by atoms with Crippen LogP contribution in [0.4, 0.5) is 0 Å². The van der Waals surface area contributed by atoms with E-state index in [4.69, 9.17) is 10.2 Å². The van der Waals surface area contributed by atoms with Gasteiger partial charge in [-0.15, -0.1) is 0 Å². The van der Waals surface area contributed by atoms with Crippen molar-refractivity contribution in [2.45, 2.75) is 25.8 Å². The Morgan fingerprint density at radius 1 is 1.11 bits per heavy atom. The van der Waals surface area contributed by atoms with Gasteiger partial charge in [-0.1, -0.05) is 38.1 Å². The van der Waals surface area contributed by atoms with Crippen LogP contribution in [0.25, 0.3) is 0 Å². The maximum absolute atomic E-state index is 11.1. The molecule has 0 spiro atoms. The lowest BCUT2D eigenvalue weighted by Gasteiger charge is -2.14. The predicted octanol–water partition coefficient (Wildman–Crippen LogP) is 1.61. The maximum atomic E-state index is 11.1. The molecule has 0 aromatic heterocycles. The second-order valence-electron chi connectivity index (χ2n) is 4.37. The van der Waals surface area contributed by atoms with Gasteiger partial charge >= 0.3 is 11.9 Å². The fraction of sp³-hybridized carbons (Fsp3) is 0.385. The zero-order chi connectivity index (χ0) is 13.7. The molecule has 1 aromatic carbocycles. The van der Waals surface area contributed by atoms with Crippen LogP contribution in [-0.2, 0) is 9.59 Å². The Kier molecular flexibility index (Phi) is 4.85. The molecule has 0 saturated carbocycles. The molecule has 0 aliphatic carbocycles. The van der Waals surface area contributed by atoms with Gasteiger partial charge < -0.3 is 10.2 Å². The summed E-state index contributed by atoms with van der Waals surface area (Å²) in [6, 6.07) is 6.14. The Balaban J connectivity index is 2.85. The van der Waals surface area contributed by atoms with Crippen molar-refractivity contribution in [3.8, 4) is 0 Å². The fourth-order valence-electron chi connectivity index (χ4n) is 1.61. The van der Waals surface area contributed by atoms with Gasteiger partial charge in [-0.3, -0.25) is 14.9 Å². The minimum absolute atomic E-state index is 0.370. The Morgan fingerprint density at radius 3 is 2.00 bits per heavy atom. The molecule has 5 nitrogen and oxygen atoms in total. The van der Waals surface area contributed by atoms with Crippen LogP contribution in [0.5, 0.6) is 0 Å². The largest absolute Gasteiger partial charge is 0.480 e. The molecular weight excluding hydrogens is 234 g/mol. The molecule has 98 valence electrons. The van der Waals surface area contributed by atoms with E-state index in [9.17, 15) is 9.59 Å². The van der Waals surface area contributed by atoms with E-state index in [2.05, 4.69) is 5.32 Å². The number of hydrogen-bond acceptors (Lipinski definition) is 3. The first-order valence-electron chi connectivity index (χ1n) is 5.69. The van der Waals surface area contributed by atoms with E-state index in [-0.39, 0.29) is 6.54 Å². The highest BCUT2D eigenvalue weighted by Gasteiger charge is 2.20. The minimum atomic E-state index is -1.09. The average Bonchev–Trinajstić information content (AvgIpc) is 2.29. The summed E-state index contributed by atoms with van der Waals surface area (Å²) in [5, 5.41) is 20.1. The van der Waals surface area contributed by atoms with Gasteiger partial charge in [0.1, 0.15) is 6.04 Å². The van der Waals surface area contributed by atoms with Crippen molar-refractivity contribution in [3.05, 3.63) is 35.4 Å². The van der Waals surface area contributed by atoms with E-state index in [1.54, 1.807) is 12.1 Å². The van der Waals surface area contributed by atoms with Gasteiger partial charge in [-0.25, -0.2) is 0 Å². The highest BCUT2D eigenvalue weighted by Crippen LogP contribution is 2.18. The SMILES string of the molecule is CC(C)c1ccc(C(NCC(=O)O)C(=O)O)cc1. The lowest BCUT2D eigenvalue weighted by atomic mass is 9.99. The topological polar surface area (TPSA) is 86.6 Å². The van der Waals surface area contributed by atoms with Crippen LogP contribution in [0.2, 0.25) is 0 Å². The standard InChI is InChI=1S/C13H17NO4/c1-8(2)9-3-5-10(6-4-9)12(13(17)18)14-7-11(15)16/h3-6,8,12,14H,7H2,1-2H3,(H,15,16)(H,17,18). The van der Waals surface area contributed by atoms with E-state index < -0.39 is 18.0 Å². The summed E-state index contributed by atoms with van der Waals surface area (Å²) in [4.78, 5) is 21.5. The van der Waals surface area contributed by atoms with Crippen molar-refractivity contribution < 1.29 is 19.8 Å². The lowest BCUT2D eigenvalue weighted by Crippen LogP contribution is -2.32. The lowest BCUT2D eigenvalue weighted by molar-refractivity contribution is -0.140. The number of carbonyl (C=O) groups is 2. The highest BCUT2D eigenvalue weighted by atomic mass is 16.4. The van der Waals surface area contributed by atoms with Crippen molar-refractivity contribution >= 4 is 11.9 Å². The van der Waals surface area contributed by atoms with Gasteiger partial charge in [0.25, 0.3) is 0 Å². The Hall–Kier alpha value is -1.88. The molecule has 0 aliphatic heterocycles. The monoisotopic (exact) mass is 251 g/mol. The molecule has 3 N–H and O–H groups in total. The Morgan fingerprint density at radius 2 is 1.61 bits per heavy atom. The van der Waals surface area contributed by atoms with Gasteiger partial charge in [0.05, 0.1) is 6.54 Å². The van der Waals surface area contributed by atoms with E-state index in [0.717, 1.165) is 5.56 Å². The number of benzene rings is 1. The molecule has 1 atom stereocenters. The van der Waals surface area contributed by atoms with Crippen molar-refractivity contribution in [2.75, 3.05) is 6.54 Å². The van der Waals surface area contributed by atoms with Gasteiger partial charge in [0.2, 0.25) is 0 Å². The quantitative estimate of drug-likeness (QED) is 0.715. The number of rotatable bonds is 6. The summed E-state index contributed by atoms with van der Waals surface area (Å²) in [5.41, 5.74) is 1.66. The smallest absolute Gasteiger partial charge is 0.325 e. The molecule has 0 bridgehead atoms. The molecule has 0 saturated heterocycles. The number of hydrogen-bond donors (Lipinski definition) is 3. The van der Waals surface area contributed by atoms with Gasteiger partial charge in [-0.05, 0) is 17.0 Å². The summed E-state index contributed by atoms with van der Waals surface area (Å²) in [7, 11) is 0. The number of carboxylic acids is 2. The summed E-state index contributed by atoms with van der Waals surface area (Å²) in [6.07, 6.45) is 0. The molecule has 0 fully saturated rings. The fourth-order valence-corrected chi connectivity index (χ4v) is 1.61. The summed E-state index contributed by atoms with van der Waals surface area (Å²) in [5.74, 6) is -1.80. The van der Waals surface area contributed by atoms with Crippen LogP contribution in [0.15, 0.2) is 24.3 Å². The van der Waals surface area contributed by atoms with Gasteiger partial charge in [0, 0.05) is 0 Å². The number of nitrogens with one attached hydrogen (secondary N) is 1. The number of carboxylic acid groups (broad SMARTS) is 2. The van der Waals surface area contributed by atoms with E-state index in [0.29, 0.717) is 11.5 Å². The molecule has 1 rings (SSSR count). The third-order valence-electron chi connectivity index (χ3n) is 2.64. The highest BCUT2D eigenvalue weighted by molar-refractivity contribution is 5.77. The second-order valence-corrected chi connectivity index (χ2v) is 4.37. The van der Waals surface area contributed by atoms with Crippen LogP contribution in [0.3, 0.4) is 0 Å². The second kappa shape index (κ2) is 6.16. The molecule has 0 amide bonds. The average molecular weight is 251 g/mol. The van der Waals surface area contributed by atoms with E-state index in [1.165, 1.54) is 0 Å². The first-order valence-corrected chi connectivity index (χ1v) is 5.69. The molecular formula is C13H17NO4. The van der Waals surface area contributed by atoms with E-state index in [1.807, 2.05) is 26.0 Å². The molecule has 18 heavy (non-hydrogen) atoms. The van der Waals surface area contributed by atoms with Crippen molar-refractivity contribution in [2.24, 2.45) is 0 Å². The minimum Gasteiger partial charge on any atom is -0.480 e. The zero-order valence-electron chi connectivity index (χ0n) is 10.4. The first-order chi connectivity index (χ1) is 8.41. The number of aliphatic carboxylic acids is 2. The predicted molar refractivity (Wildman–Crippen MR) is 66.5 cm³/mol. The summed E-state index contributed by atoms with van der Waals surface area (Å²) < 4.78 is 0. The van der Waals surface area contributed by atoms with Gasteiger partial charge in [0.15, 0.2) is 0 Å². The molecule has 0 radical (unpaired) electrons. The molecule has 0 aliphatic rings. The van der Waals surface area contributed by atoms with Crippen molar-refractivity contribution in [1.29, 1.82) is 0 Å². The molecule has 5 heteroatoms. The maximum Gasteiger partial charge on any atom is 0.325 e. The van der Waals surface area contributed by atoms with Crippen molar-refractivity contribution in [3.63, 3.8) is 0 Å². The third-order valence-corrected chi connectivity index (χ3v) is 2.64. The van der Waals surface area contributed by atoms with Crippen molar-refractivity contribution in [1.82, 2.24) is 5.32 Å². The van der Waals surface area contributed by atoms with Crippen LogP contribution in [0.1, 0.15) is 36.9 Å². The van der Waals surface area contributed by atoms with E-state index >= 15 is 0 Å². The van der Waals surface area contributed by atoms with Crippen LogP contribution in [0, 0.1) is 0 Å². The zero-order valence-corrected chi connectivity index (χ0v) is 10.4. The summed E-state index contributed by atoms with van der Waals surface area (Å²) >= 11 is 0. The van der Waals surface area contributed by atoms with Crippen LogP contribution >= 0.6 is 0 Å². The van der Waals surface area contributed by atoms with Gasteiger partial charge in [-0.2, -0.15) is 0 Å². The van der Waals surface area contributed by atoms with Crippen LogP contribution in [-0.4, -0.2) is 28.7 Å². The Bertz CT molecular complexity index is 425. The third kappa shape index (κ3) is 3.85.